The number of nitrogens with one attached hydrogen (secondary N) is 1. The summed E-state index contributed by atoms with van der Waals surface area (Å²) >= 11 is 0. The lowest BCUT2D eigenvalue weighted by molar-refractivity contribution is -0.122. The van der Waals surface area contributed by atoms with Crippen LogP contribution in [0.15, 0.2) is 18.2 Å². The van der Waals surface area contributed by atoms with Gasteiger partial charge in [-0.05, 0) is 74.5 Å². The summed E-state index contributed by atoms with van der Waals surface area (Å²) in [5, 5.41) is 3.11. The van der Waals surface area contributed by atoms with Gasteiger partial charge in [-0.3, -0.25) is 9.59 Å². The lowest BCUT2D eigenvalue weighted by Gasteiger charge is -2.26. The van der Waals surface area contributed by atoms with Gasteiger partial charge >= 0.3 is 0 Å². The zero-order valence-corrected chi connectivity index (χ0v) is 14.8. The molecule has 130 valence electrons. The van der Waals surface area contributed by atoms with Crippen LogP contribution in [0.5, 0.6) is 0 Å². The standard InChI is InChI=1S/C21H29NO2/c1-15-6-10-19(11-7-15)22-21(24)13-12-20(23)18-9-8-16-4-2-3-5-17(16)14-18/h8-9,14-15,19H,2-7,10-13H2,1H3,(H,22,24). The van der Waals surface area contributed by atoms with Crippen LogP contribution < -0.4 is 5.32 Å². The van der Waals surface area contributed by atoms with Crippen LogP contribution in [0.3, 0.4) is 0 Å². The molecule has 1 aromatic rings. The zero-order valence-electron chi connectivity index (χ0n) is 14.8. The Morgan fingerprint density at radius 2 is 1.71 bits per heavy atom. The van der Waals surface area contributed by atoms with Crippen molar-refractivity contribution in [3.8, 4) is 0 Å². The number of hydrogen-bond donors (Lipinski definition) is 1. The average Bonchev–Trinajstić information content (AvgIpc) is 2.61. The number of carbonyl (C=O) groups excluding carboxylic acids is 2. The van der Waals surface area contributed by atoms with Crippen LogP contribution in [0.25, 0.3) is 0 Å². The molecule has 24 heavy (non-hydrogen) atoms. The van der Waals surface area contributed by atoms with Crippen molar-refractivity contribution in [2.45, 2.75) is 77.2 Å². The van der Waals surface area contributed by atoms with Gasteiger partial charge < -0.3 is 5.32 Å². The van der Waals surface area contributed by atoms with E-state index in [1.807, 2.05) is 6.07 Å². The molecular formula is C21H29NO2. The van der Waals surface area contributed by atoms with Crippen LogP contribution in [0.1, 0.15) is 79.8 Å². The summed E-state index contributed by atoms with van der Waals surface area (Å²) in [5.41, 5.74) is 3.49. The highest BCUT2D eigenvalue weighted by molar-refractivity contribution is 5.98. The normalized spacial score (nSPS) is 23.4. The molecule has 1 saturated carbocycles. The maximum Gasteiger partial charge on any atom is 0.220 e. The van der Waals surface area contributed by atoms with E-state index in [1.54, 1.807) is 0 Å². The van der Waals surface area contributed by atoms with E-state index >= 15 is 0 Å². The average molecular weight is 327 g/mol. The number of carbonyl (C=O) groups is 2. The first-order valence-electron chi connectivity index (χ1n) is 9.56. The van der Waals surface area contributed by atoms with Crippen molar-refractivity contribution in [2.75, 3.05) is 0 Å². The second kappa shape index (κ2) is 7.96. The third-order valence-electron chi connectivity index (χ3n) is 5.63. The van der Waals surface area contributed by atoms with E-state index in [0.29, 0.717) is 18.9 Å². The summed E-state index contributed by atoms with van der Waals surface area (Å²) in [5.74, 6) is 0.903. The summed E-state index contributed by atoms with van der Waals surface area (Å²) in [7, 11) is 0. The second-order valence-electron chi connectivity index (χ2n) is 7.64. The van der Waals surface area contributed by atoms with Gasteiger partial charge in [-0.15, -0.1) is 0 Å². The van der Waals surface area contributed by atoms with Crippen molar-refractivity contribution < 1.29 is 9.59 Å². The molecule has 0 unspecified atom stereocenters. The molecule has 0 radical (unpaired) electrons. The Kier molecular flexibility index (Phi) is 5.70. The van der Waals surface area contributed by atoms with Gasteiger partial charge in [0, 0.05) is 24.4 Å². The molecule has 2 aliphatic carbocycles. The number of rotatable bonds is 5. The van der Waals surface area contributed by atoms with Gasteiger partial charge in [-0.2, -0.15) is 0 Å². The molecule has 1 N–H and O–H groups in total. The Balaban J connectivity index is 1.47. The van der Waals surface area contributed by atoms with E-state index in [2.05, 4.69) is 24.4 Å². The highest BCUT2D eigenvalue weighted by atomic mass is 16.2. The number of aryl methyl sites for hydroxylation is 2. The SMILES string of the molecule is CC1CCC(NC(=O)CCC(=O)c2ccc3c(c2)CCCC3)CC1. The number of Topliss-reactive ketones (excluding diaryl/α,β-unsaturated/α-hetero) is 1. The number of amides is 1. The van der Waals surface area contributed by atoms with E-state index in [0.717, 1.165) is 37.2 Å². The molecule has 0 aromatic heterocycles. The minimum absolute atomic E-state index is 0.0286. The molecule has 0 saturated heterocycles. The molecular weight excluding hydrogens is 298 g/mol. The van der Waals surface area contributed by atoms with Gasteiger partial charge in [0.15, 0.2) is 5.78 Å². The number of hydrogen-bond acceptors (Lipinski definition) is 2. The molecule has 0 aliphatic heterocycles. The molecule has 3 heteroatoms. The second-order valence-corrected chi connectivity index (χ2v) is 7.64. The van der Waals surface area contributed by atoms with E-state index in [4.69, 9.17) is 0 Å². The van der Waals surface area contributed by atoms with Crippen LogP contribution in [0, 0.1) is 5.92 Å². The van der Waals surface area contributed by atoms with Gasteiger partial charge in [0.25, 0.3) is 0 Å². The minimum Gasteiger partial charge on any atom is -0.353 e. The first-order chi connectivity index (χ1) is 11.6. The van der Waals surface area contributed by atoms with Crippen LogP contribution in [0.2, 0.25) is 0 Å². The molecule has 1 fully saturated rings. The summed E-state index contributed by atoms with van der Waals surface area (Å²) in [6.07, 6.45) is 9.84. The van der Waals surface area contributed by atoms with E-state index in [9.17, 15) is 9.59 Å². The fraction of sp³-hybridized carbons (Fsp3) is 0.619. The van der Waals surface area contributed by atoms with Crippen molar-refractivity contribution in [1.29, 1.82) is 0 Å². The Labute approximate surface area is 145 Å². The fourth-order valence-electron chi connectivity index (χ4n) is 3.98. The van der Waals surface area contributed by atoms with Gasteiger partial charge in [0.1, 0.15) is 0 Å². The monoisotopic (exact) mass is 327 g/mol. The largest absolute Gasteiger partial charge is 0.353 e. The first kappa shape index (κ1) is 17.2. The van der Waals surface area contributed by atoms with E-state index in [-0.39, 0.29) is 11.7 Å². The zero-order chi connectivity index (χ0) is 16.9. The number of fused-ring (bicyclic) bond motifs is 1. The molecule has 0 spiro atoms. The first-order valence-corrected chi connectivity index (χ1v) is 9.56. The maximum atomic E-state index is 12.4. The summed E-state index contributed by atoms with van der Waals surface area (Å²) in [6.45, 7) is 2.27. The lowest BCUT2D eigenvalue weighted by Crippen LogP contribution is -2.37. The van der Waals surface area contributed by atoms with E-state index in [1.165, 1.54) is 36.8 Å². The highest BCUT2D eigenvalue weighted by Crippen LogP contribution is 2.24. The third-order valence-corrected chi connectivity index (χ3v) is 5.63. The minimum atomic E-state index is 0.0286. The van der Waals surface area contributed by atoms with Gasteiger partial charge in [0.2, 0.25) is 5.91 Å². The molecule has 3 nitrogen and oxygen atoms in total. The molecule has 3 rings (SSSR count). The van der Waals surface area contributed by atoms with Crippen molar-refractivity contribution >= 4 is 11.7 Å². The van der Waals surface area contributed by atoms with Crippen molar-refractivity contribution in [3.05, 3.63) is 34.9 Å². The molecule has 1 aromatic carbocycles. The highest BCUT2D eigenvalue weighted by Gasteiger charge is 2.20. The topological polar surface area (TPSA) is 46.2 Å². The molecule has 0 atom stereocenters. The summed E-state index contributed by atoms with van der Waals surface area (Å²) in [6, 6.07) is 6.40. The fourth-order valence-corrected chi connectivity index (χ4v) is 3.98. The van der Waals surface area contributed by atoms with Crippen molar-refractivity contribution in [2.24, 2.45) is 5.92 Å². The summed E-state index contributed by atoms with van der Waals surface area (Å²) < 4.78 is 0. The maximum absolute atomic E-state index is 12.4. The van der Waals surface area contributed by atoms with Gasteiger partial charge in [0.05, 0.1) is 0 Å². The Bertz CT molecular complexity index is 600. The number of benzene rings is 1. The Morgan fingerprint density at radius 3 is 2.46 bits per heavy atom. The number of ketones is 1. The van der Waals surface area contributed by atoms with Crippen LogP contribution in [-0.4, -0.2) is 17.7 Å². The predicted octanol–water partition coefficient (Wildman–Crippen LogP) is 4.22. The third kappa shape index (κ3) is 4.46. The van der Waals surface area contributed by atoms with E-state index < -0.39 is 0 Å². The Hall–Kier alpha value is -1.64. The van der Waals surface area contributed by atoms with Crippen LogP contribution in [-0.2, 0) is 17.6 Å². The van der Waals surface area contributed by atoms with Gasteiger partial charge in [-0.25, -0.2) is 0 Å². The molecule has 2 aliphatic rings. The molecule has 0 bridgehead atoms. The van der Waals surface area contributed by atoms with Gasteiger partial charge in [-0.1, -0.05) is 19.1 Å². The predicted molar refractivity (Wildman–Crippen MR) is 96.2 cm³/mol. The Morgan fingerprint density at radius 1 is 1.00 bits per heavy atom. The van der Waals surface area contributed by atoms with Crippen molar-refractivity contribution in [1.82, 2.24) is 5.32 Å². The van der Waals surface area contributed by atoms with Crippen molar-refractivity contribution in [3.63, 3.8) is 0 Å². The quantitative estimate of drug-likeness (QED) is 0.823. The summed E-state index contributed by atoms with van der Waals surface area (Å²) in [4.78, 5) is 24.5. The van der Waals surface area contributed by atoms with Crippen LogP contribution in [0.4, 0.5) is 0 Å². The molecule has 0 heterocycles. The van der Waals surface area contributed by atoms with Crippen LogP contribution >= 0.6 is 0 Å². The lowest BCUT2D eigenvalue weighted by atomic mass is 9.87. The smallest absolute Gasteiger partial charge is 0.220 e. The molecule has 1 amide bonds.